The molecule has 0 amide bonds. The maximum absolute atomic E-state index is 14.6. The van der Waals surface area contributed by atoms with Crippen LogP contribution in [0.2, 0.25) is 0 Å². The van der Waals surface area contributed by atoms with Gasteiger partial charge in [-0.1, -0.05) is 49.0 Å². The van der Waals surface area contributed by atoms with Gasteiger partial charge in [0.05, 0.1) is 0 Å². The van der Waals surface area contributed by atoms with E-state index in [0.717, 1.165) is 34.7 Å². The third-order valence-electron chi connectivity index (χ3n) is 4.55. The van der Waals surface area contributed by atoms with E-state index in [1.54, 1.807) is 6.07 Å². The monoisotopic (exact) mass is 304 g/mol. The Balaban J connectivity index is 2.03. The normalized spacial score (nSPS) is 14.1. The minimum Gasteiger partial charge on any atom is -0.508 e. The van der Waals surface area contributed by atoms with Gasteiger partial charge in [-0.25, -0.2) is 4.39 Å². The van der Waals surface area contributed by atoms with Crippen molar-refractivity contribution in [1.29, 1.82) is 0 Å². The first-order valence-electron chi connectivity index (χ1n) is 7.85. The molecule has 3 aromatic rings. The summed E-state index contributed by atoms with van der Waals surface area (Å²) in [6.07, 6.45) is 2.25. The van der Waals surface area contributed by atoms with Crippen LogP contribution in [0, 0.1) is 5.82 Å². The van der Waals surface area contributed by atoms with Crippen molar-refractivity contribution in [2.75, 3.05) is 0 Å². The average Bonchev–Trinajstić information content (AvgIpc) is 3.38. The first-order valence-corrected chi connectivity index (χ1v) is 7.85. The first-order chi connectivity index (χ1) is 11.1. The largest absolute Gasteiger partial charge is 0.508 e. The Labute approximate surface area is 134 Å². The number of aliphatic hydroxyl groups excluding tert-OH is 1. The quantitative estimate of drug-likeness (QED) is 0.584. The number of rotatable bonds is 3. The van der Waals surface area contributed by atoms with Crippen LogP contribution >= 0.6 is 0 Å². The Kier molecular flexibility index (Phi) is 3.19. The molecule has 114 valence electrons. The molecule has 0 aliphatic heterocycles. The maximum Gasteiger partial charge on any atom is 0.131 e. The molecule has 3 aromatic carbocycles. The predicted molar refractivity (Wildman–Crippen MR) is 93.0 cm³/mol. The van der Waals surface area contributed by atoms with Gasteiger partial charge in [-0.2, -0.15) is 0 Å². The molecule has 1 aliphatic rings. The van der Waals surface area contributed by atoms with E-state index in [1.807, 2.05) is 42.5 Å². The van der Waals surface area contributed by atoms with Gasteiger partial charge in [-0.15, -0.1) is 0 Å². The van der Waals surface area contributed by atoms with Crippen LogP contribution in [0.15, 0.2) is 61.2 Å². The van der Waals surface area contributed by atoms with Crippen LogP contribution in [0.1, 0.15) is 29.9 Å². The highest BCUT2D eigenvalue weighted by atomic mass is 19.1. The summed E-state index contributed by atoms with van der Waals surface area (Å²) in [5, 5.41) is 11.6. The van der Waals surface area contributed by atoms with Crippen molar-refractivity contribution in [2.24, 2.45) is 0 Å². The van der Waals surface area contributed by atoms with Crippen molar-refractivity contribution < 1.29 is 9.50 Å². The fourth-order valence-corrected chi connectivity index (χ4v) is 3.23. The van der Waals surface area contributed by atoms with Gasteiger partial charge in [0.15, 0.2) is 0 Å². The molecule has 1 N–H and O–H groups in total. The van der Waals surface area contributed by atoms with E-state index in [-0.39, 0.29) is 11.6 Å². The highest BCUT2D eigenvalue weighted by molar-refractivity contribution is 5.99. The summed E-state index contributed by atoms with van der Waals surface area (Å²) in [7, 11) is 0. The van der Waals surface area contributed by atoms with Gasteiger partial charge in [0, 0.05) is 11.1 Å². The second-order valence-corrected chi connectivity index (χ2v) is 6.17. The van der Waals surface area contributed by atoms with Crippen molar-refractivity contribution in [1.82, 2.24) is 0 Å². The molecule has 0 radical (unpaired) electrons. The molecule has 1 saturated carbocycles. The molecule has 4 rings (SSSR count). The zero-order valence-corrected chi connectivity index (χ0v) is 12.7. The Hall–Kier alpha value is -2.61. The van der Waals surface area contributed by atoms with Crippen LogP contribution < -0.4 is 0 Å². The average molecular weight is 304 g/mol. The van der Waals surface area contributed by atoms with Crippen LogP contribution in [0.4, 0.5) is 4.39 Å². The molecular weight excluding hydrogens is 287 g/mol. The van der Waals surface area contributed by atoms with Crippen molar-refractivity contribution in [3.63, 3.8) is 0 Å². The molecule has 1 aliphatic carbocycles. The summed E-state index contributed by atoms with van der Waals surface area (Å²) >= 11 is 0. The van der Waals surface area contributed by atoms with Crippen LogP contribution in [0.5, 0.6) is 0 Å². The summed E-state index contributed by atoms with van der Waals surface area (Å²) in [6, 6.07) is 16.9. The van der Waals surface area contributed by atoms with Crippen molar-refractivity contribution >= 4 is 16.5 Å². The molecule has 0 heterocycles. The number of aliphatic hydroxyl groups is 1. The number of fused-ring (bicyclic) bond motifs is 1. The molecule has 0 atom stereocenters. The Morgan fingerprint density at radius 2 is 1.83 bits per heavy atom. The molecule has 23 heavy (non-hydrogen) atoms. The van der Waals surface area contributed by atoms with Gasteiger partial charge in [-0.05, 0) is 52.8 Å². The topological polar surface area (TPSA) is 20.2 Å². The van der Waals surface area contributed by atoms with E-state index in [2.05, 4.69) is 6.58 Å². The second kappa shape index (κ2) is 5.24. The highest BCUT2D eigenvalue weighted by Gasteiger charge is 2.28. The highest BCUT2D eigenvalue weighted by Crippen LogP contribution is 2.46. The maximum atomic E-state index is 14.6. The molecule has 1 nitrogen and oxygen atoms in total. The molecule has 0 spiro atoms. The molecule has 0 saturated heterocycles. The molecule has 0 unspecified atom stereocenters. The van der Waals surface area contributed by atoms with E-state index in [0.29, 0.717) is 17.0 Å². The summed E-state index contributed by atoms with van der Waals surface area (Å²) in [5.74, 6) is 0.305. The van der Waals surface area contributed by atoms with Gasteiger partial charge in [-0.3, -0.25) is 0 Å². The lowest BCUT2D eigenvalue weighted by Crippen LogP contribution is -1.93. The Morgan fingerprint density at radius 3 is 2.57 bits per heavy atom. The lowest BCUT2D eigenvalue weighted by Gasteiger charge is -2.14. The molecule has 0 aromatic heterocycles. The van der Waals surface area contributed by atoms with E-state index < -0.39 is 0 Å². The van der Waals surface area contributed by atoms with Crippen molar-refractivity contribution in [3.05, 3.63) is 78.1 Å². The minimum absolute atomic E-state index is 0.0256. The summed E-state index contributed by atoms with van der Waals surface area (Å²) in [4.78, 5) is 0. The molecule has 2 heteroatoms. The van der Waals surface area contributed by atoms with Gasteiger partial charge >= 0.3 is 0 Å². The molecule has 0 bridgehead atoms. The van der Waals surface area contributed by atoms with E-state index >= 15 is 0 Å². The van der Waals surface area contributed by atoms with Gasteiger partial charge < -0.3 is 5.11 Å². The smallest absolute Gasteiger partial charge is 0.131 e. The fraction of sp³-hybridized carbons (Fsp3) is 0.143. The Bertz CT molecular complexity index is 922. The van der Waals surface area contributed by atoms with Crippen molar-refractivity contribution in [2.45, 2.75) is 18.8 Å². The fourth-order valence-electron chi connectivity index (χ4n) is 3.23. The standard InChI is InChI=1S/C21H17FO/c1-13(23)16-11-10-14-4-2-6-18(19(14)12-16)21-17(15-8-9-15)5-3-7-20(21)22/h2-7,10-12,15,23H,1,8-9H2. The SMILES string of the molecule is C=C(O)c1ccc2cccc(-c3c(F)cccc3C3CC3)c2c1. The molecular formula is C21H17FO. The minimum atomic E-state index is -0.185. The number of benzene rings is 3. The van der Waals surface area contributed by atoms with Crippen LogP contribution in [-0.2, 0) is 0 Å². The van der Waals surface area contributed by atoms with E-state index in [4.69, 9.17) is 0 Å². The van der Waals surface area contributed by atoms with Crippen LogP contribution in [0.3, 0.4) is 0 Å². The second-order valence-electron chi connectivity index (χ2n) is 6.17. The third-order valence-corrected chi connectivity index (χ3v) is 4.55. The van der Waals surface area contributed by atoms with E-state index in [9.17, 15) is 9.50 Å². The van der Waals surface area contributed by atoms with E-state index in [1.165, 1.54) is 6.07 Å². The number of hydrogen-bond donors (Lipinski definition) is 1. The Morgan fingerprint density at radius 1 is 1.04 bits per heavy atom. The van der Waals surface area contributed by atoms with Gasteiger partial charge in [0.1, 0.15) is 11.6 Å². The third kappa shape index (κ3) is 2.40. The zero-order valence-electron chi connectivity index (χ0n) is 12.7. The predicted octanol–water partition coefficient (Wildman–Crippen LogP) is 6.05. The lowest BCUT2D eigenvalue weighted by molar-refractivity contribution is 0.514. The van der Waals surface area contributed by atoms with Gasteiger partial charge in [0.2, 0.25) is 0 Å². The summed E-state index contributed by atoms with van der Waals surface area (Å²) in [6.45, 7) is 3.59. The summed E-state index contributed by atoms with van der Waals surface area (Å²) in [5.41, 5.74) is 3.33. The summed E-state index contributed by atoms with van der Waals surface area (Å²) < 4.78 is 14.6. The first kappa shape index (κ1) is 14.0. The molecule has 1 fully saturated rings. The van der Waals surface area contributed by atoms with Crippen LogP contribution in [-0.4, -0.2) is 5.11 Å². The zero-order chi connectivity index (χ0) is 16.0. The number of halogens is 1. The van der Waals surface area contributed by atoms with Gasteiger partial charge in [0.25, 0.3) is 0 Å². The lowest BCUT2D eigenvalue weighted by atomic mass is 9.91. The van der Waals surface area contributed by atoms with Crippen LogP contribution in [0.25, 0.3) is 27.7 Å². The van der Waals surface area contributed by atoms with Crippen molar-refractivity contribution in [3.8, 4) is 11.1 Å². The number of hydrogen-bond acceptors (Lipinski definition) is 1.